The number of pyridine rings is 1. The number of amides is 2. The molecule has 2 amide bonds. The Kier molecular flexibility index (Phi) is 3.91. The topological polar surface area (TPSA) is 84.2 Å². The first kappa shape index (κ1) is 14.3. The number of carbonyl (C=O) groups excluding carboxylic acids is 2. The molecule has 1 aliphatic carbocycles. The van der Waals surface area contributed by atoms with Crippen LogP contribution in [-0.4, -0.2) is 23.3 Å². The van der Waals surface area contributed by atoms with Crippen molar-refractivity contribution in [1.82, 2.24) is 10.3 Å². The first-order valence-corrected chi connectivity index (χ1v) is 7.23. The summed E-state index contributed by atoms with van der Waals surface area (Å²) in [7, 11) is 0. The van der Waals surface area contributed by atoms with Crippen LogP contribution in [0.4, 0.5) is 5.69 Å². The molecule has 6 nitrogen and oxygen atoms in total. The van der Waals surface area contributed by atoms with Crippen molar-refractivity contribution in [3.05, 3.63) is 47.7 Å². The number of hydrogen-bond donors (Lipinski definition) is 2. The Labute approximate surface area is 127 Å². The maximum absolute atomic E-state index is 12.1. The van der Waals surface area contributed by atoms with Crippen molar-refractivity contribution in [2.24, 2.45) is 5.92 Å². The van der Waals surface area contributed by atoms with Crippen LogP contribution in [0.3, 0.4) is 0 Å². The molecule has 0 radical (unpaired) electrons. The van der Waals surface area contributed by atoms with Gasteiger partial charge in [0.2, 0.25) is 0 Å². The van der Waals surface area contributed by atoms with E-state index in [2.05, 4.69) is 15.6 Å². The summed E-state index contributed by atoms with van der Waals surface area (Å²) in [6.07, 6.45) is 5.32. The average molecular weight is 299 g/mol. The first-order chi connectivity index (χ1) is 10.6. The Morgan fingerprint density at radius 3 is 2.82 bits per heavy atom. The quantitative estimate of drug-likeness (QED) is 0.887. The third-order valence-corrected chi connectivity index (χ3v) is 3.60. The van der Waals surface area contributed by atoms with Crippen LogP contribution in [0.25, 0.3) is 0 Å². The van der Waals surface area contributed by atoms with Crippen LogP contribution >= 0.6 is 0 Å². The Bertz CT molecular complexity index is 704. The molecule has 2 N–H and O–H groups in total. The SMILES string of the molecule is Cc1occc1C(=O)Nc1ccnc(C(=O)NCC2CC2)c1. The lowest BCUT2D eigenvalue weighted by molar-refractivity contribution is 0.0945. The zero-order chi connectivity index (χ0) is 15.5. The highest BCUT2D eigenvalue weighted by Gasteiger charge is 2.22. The van der Waals surface area contributed by atoms with Crippen molar-refractivity contribution in [1.29, 1.82) is 0 Å². The summed E-state index contributed by atoms with van der Waals surface area (Å²) in [5.41, 5.74) is 1.29. The number of rotatable bonds is 5. The van der Waals surface area contributed by atoms with Crippen LogP contribution in [0.5, 0.6) is 0 Å². The Hall–Kier alpha value is -2.63. The Morgan fingerprint density at radius 2 is 2.14 bits per heavy atom. The van der Waals surface area contributed by atoms with E-state index in [4.69, 9.17) is 4.42 Å². The molecule has 0 aromatic carbocycles. The van der Waals surface area contributed by atoms with Gasteiger partial charge < -0.3 is 15.1 Å². The normalized spacial score (nSPS) is 13.7. The molecule has 1 aliphatic rings. The molecule has 6 heteroatoms. The molecular weight excluding hydrogens is 282 g/mol. The number of nitrogens with one attached hydrogen (secondary N) is 2. The maximum Gasteiger partial charge on any atom is 0.269 e. The Morgan fingerprint density at radius 1 is 1.32 bits per heavy atom. The largest absolute Gasteiger partial charge is 0.469 e. The standard InChI is InChI=1S/C16H17N3O3/c1-10-13(5-7-22-10)15(20)19-12-4-6-17-14(8-12)16(21)18-9-11-2-3-11/h4-8,11H,2-3,9H2,1H3,(H,18,21)(H,17,19,20). The molecule has 2 heterocycles. The van der Waals surface area contributed by atoms with Crippen LogP contribution < -0.4 is 10.6 Å². The van der Waals surface area contributed by atoms with E-state index in [1.807, 2.05) is 0 Å². The van der Waals surface area contributed by atoms with Gasteiger partial charge in [-0.3, -0.25) is 14.6 Å². The minimum Gasteiger partial charge on any atom is -0.469 e. The molecular formula is C16H17N3O3. The summed E-state index contributed by atoms with van der Waals surface area (Å²) in [4.78, 5) is 28.1. The molecule has 0 bridgehead atoms. The lowest BCUT2D eigenvalue weighted by atomic mass is 10.2. The predicted molar refractivity (Wildman–Crippen MR) is 80.7 cm³/mol. The molecule has 2 aromatic heterocycles. The zero-order valence-corrected chi connectivity index (χ0v) is 12.3. The molecule has 0 aliphatic heterocycles. The number of nitrogens with zero attached hydrogens (tertiary/aromatic N) is 1. The van der Waals surface area contributed by atoms with Gasteiger partial charge in [-0.25, -0.2) is 0 Å². The van der Waals surface area contributed by atoms with Crippen LogP contribution in [0, 0.1) is 12.8 Å². The van der Waals surface area contributed by atoms with E-state index < -0.39 is 0 Å². The minimum atomic E-state index is -0.276. The third-order valence-electron chi connectivity index (χ3n) is 3.60. The fourth-order valence-electron chi connectivity index (χ4n) is 2.10. The average Bonchev–Trinajstić information content (AvgIpc) is 3.24. The monoisotopic (exact) mass is 299 g/mol. The van der Waals surface area contributed by atoms with Crippen molar-refractivity contribution in [2.45, 2.75) is 19.8 Å². The highest BCUT2D eigenvalue weighted by atomic mass is 16.3. The second kappa shape index (κ2) is 6.01. The molecule has 0 unspecified atom stereocenters. The van der Waals surface area contributed by atoms with E-state index in [0.29, 0.717) is 35.2 Å². The van der Waals surface area contributed by atoms with Crippen LogP contribution in [-0.2, 0) is 0 Å². The summed E-state index contributed by atoms with van der Waals surface area (Å²) >= 11 is 0. The van der Waals surface area contributed by atoms with Crippen molar-refractivity contribution in [3.8, 4) is 0 Å². The molecule has 1 saturated carbocycles. The fraction of sp³-hybridized carbons (Fsp3) is 0.312. The number of hydrogen-bond acceptors (Lipinski definition) is 4. The van der Waals surface area contributed by atoms with Gasteiger partial charge >= 0.3 is 0 Å². The molecule has 0 saturated heterocycles. The first-order valence-electron chi connectivity index (χ1n) is 7.23. The molecule has 22 heavy (non-hydrogen) atoms. The molecule has 0 spiro atoms. The molecule has 0 atom stereocenters. The van der Waals surface area contributed by atoms with Gasteiger partial charge in [0.25, 0.3) is 11.8 Å². The van der Waals surface area contributed by atoms with E-state index in [9.17, 15) is 9.59 Å². The number of furan rings is 1. The lowest BCUT2D eigenvalue weighted by Crippen LogP contribution is -2.26. The van der Waals surface area contributed by atoms with Gasteiger partial charge in [-0.05, 0) is 43.9 Å². The van der Waals surface area contributed by atoms with Gasteiger partial charge in [0.15, 0.2) is 0 Å². The van der Waals surface area contributed by atoms with Gasteiger partial charge in [0.1, 0.15) is 11.5 Å². The van der Waals surface area contributed by atoms with Gasteiger partial charge in [-0.1, -0.05) is 0 Å². The number of aromatic nitrogens is 1. The molecule has 2 aromatic rings. The zero-order valence-electron chi connectivity index (χ0n) is 12.3. The smallest absolute Gasteiger partial charge is 0.269 e. The summed E-state index contributed by atoms with van der Waals surface area (Å²) in [5.74, 6) is 0.661. The summed E-state index contributed by atoms with van der Waals surface area (Å²) in [6, 6.07) is 4.82. The van der Waals surface area contributed by atoms with Gasteiger partial charge in [-0.15, -0.1) is 0 Å². The second-order valence-corrected chi connectivity index (χ2v) is 5.43. The number of anilines is 1. The Balaban J connectivity index is 1.66. The van der Waals surface area contributed by atoms with Crippen molar-refractivity contribution >= 4 is 17.5 Å². The predicted octanol–water partition coefficient (Wildman–Crippen LogP) is 2.38. The van der Waals surface area contributed by atoms with Crippen LogP contribution in [0.15, 0.2) is 35.1 Å². The maximum atomic E-state index is 12.1. The van der Waals surface area contributed by atoms with Crippen LogP contribution in [0.2, 0.25) is 0 Å². The van der Waals surface area contributed by atoms with Gasteiger partial charge in [0.05, 0.1) is 11.8 Å². The van der Waals surface area contributed by atoms with E-state index >= 15 is 0 Å². The minimum absolute atomic E-state index is 0.220. The van der Waals surface area contributed by atoms with Crippen LogP contribution in [0.1, 0.15) is 39.4 Å². The summed E-state index contributed by atoms with van der Waals surface area (Å²) in [5, 5.41) is 5.59. The van der Waals surface area contributed by atoms with Gasteiger partial charge in [-0.2, -0.15) is 0 Å². The van der Waals surface area contributed by atoms with Crippen molar-refractivity contribution in [2.75, 3.05) is 11.9 Å². The van der Waals surface area contributed by atoms with E-state index in [-0.39, 0.29) is 11.8 Å². The van der Waals surface area contributed by atoms with Crippen molar-refractivity contribution in [3.63, 3.8) is 0 Å². The highest BCUT2D eigenvalue weighted by molar-refractivity contribution is 6.05. The lowest BCUT2D eigenvalue weighted by Gasteiger charge is -2.07. The fourth-order valence-corrected chi connectivity index (χ4v) is 2.10. The molecule has 3 rings (SSSR count). The summed E-state index contributed by atoms with van der Waals surface area (Å²) in [6.45, 7) is 2.41. The van der Waals surface area contributed by atoms with Gasteiger partial charge in [0, 0.05) is 18.4 Å². The van der Waals surface area contributed by atoms with E-state index in [1.165, 1.54) is 25.3 Å². The molecule has 1 fully saturated rings. The molecule has 114 valence electrons. The third kappa shape index (κ3) is 3.33. The van der Waals surface area contributed by atoms with E-state index in [0.717, 1.165) is 0 Å². The highest BCUT2D eigenvalue weighted by Crippen LogP contribution is 2.27. The van der Waals surface area contributed by atoms with E-state index in [1.54, 1.807) is 25.1 Å². The number of carbonyl (C=O) groups is 2. The summed E-state index contributed by atoms with van der Waals surface area (Å²) < 4.78 is 5.11. The van der Waals surface area contributed by atoms with Crippen molar-refractivity contribution < 1.29 is 14.0 Å². The number of aryl methyl sites for hydroxylation is 1. The second-order valence-electron chi connectivity index (χ2n) is 5.43.